The lowest BCUT2D eigenvalue weighted by Gasteiger charge is -2.27. The zero-order valence-corrected chi connectivity index (χ0v) is 22.9. The predicted octanol–water partition coefficient (Wildman–Crippen LogP) is 8.46. The molecule has 174 valence electrons. The Morgan fingerprint density at radius 1 is 0.655 bits per heavy atom. The van der Waals surface area contributed by atoms with Crippen molar-refractivity contribution in [1.29, 1.82) is 0 Å². The zero-order valence-electron chi connectivity index (χ0n) is 20.9. The van der Waals surface area contributed by atoms with E-state index in [2.05, 4.69) is 46.2 Å². The van der Waals surface area contributed by atoms with Gasteiger partial charge in [-0.3, -0.25) is 4.79 Å². The average molecular weight is 445 g/mol. The first-order valence-electron chi connectivity index (χ1n) is 12.4. The van der Waals surface area contributed by atoms with E-state index in [1.807, 2.05) is 0 Å². The van der Waals surface area contributed by atoms with Gasteiger partial charge < -0.3 is 8.85 Å². The van der Waals surface area contributed by atoms with E-state index in [9.17, 15) is 4.79 Å². The second-order valence-electron chi connectivity index (χ2n) is 10.7. The van der Waals surface area contributed by atoms with E-state index in [0.29, 0.717) is 6.42 Å². The molecule has 29 heavy (non-hydrogen) atoms. The molecule has 0 N–H and O–H groups in total. The maximum Gasteiger partial charge on any atom is 0.295 e. The van der Waals surface area contributed by atoms with Crippen LogP contribution in [0.2, 0.25) is 39.3 Å². The van der Waals surface area contributed by atoms with Crippen LogP contribution in [0.3, 0.4) is 0 Å². The fourth-order valence-electron chi connectivity index (χ4n) is 3.66. The van der Waals surface area contributed by atoms with E-state index in [-0.39, 0.29) is 12.1 Å². The Balaban J connectivity index is 3.84. The van der Waals surface area contributed by atoms with Crippen molar-refractivity contribution in [3.8, 4) is 0 Å². The van der Waals surface area contributed by atoms with Crippen LogP contribution < -0.4 is 0 Å². The summed E-state index contributed by atoms with van der Waals surface area (Å²) in [5.74, 6) is -0.0675. The second kappa shape index (κ2) is 16.5. The molecule has 0 aliphatic heterocycles. The number of unbranched alkanes of at least 4 members (excludes halogenated alkanes) is 12. The van der Waals surface area contributed by atoms with Crippen molar-refractivity contribution in [1.82, 2.24) is 0 Å². The number of carbonyl (C=O) groups excluding carboxylic acids is 1. The third-order valence-electron chi connectivity index (χ3n) is 4.96. The summed E-state index contributed by atoms with van der Waals surface area (Å²) in [5, 5.41) is 0. The minimum Gasteiger partial charge on any atom is -0.520 e. The van der Waals surface area contributed by atoms with Crippen LogP contribution in [-0.2, 0) is 13.6 Å². The Bertz CT molecular complexity index is 400. The van der Waals surface area contributed by atoms with Crippen molar-refractivity contribution in [2.24, 2.45) is 0 Å². The van der Waals surface area contributed by atoms with Crippen molar-refractivity contribution in [2.75, 3.05) is 0 Å². The largest absolute Gasteiger partial charge is 0.520 e. The molecule has 0 aromatic carbocycles. The van der Waals surface area contributed by atoms with Crippen LogP contribution >= 0.6 is 0 Å². The van der Waals surface area contributed by atoms with Gasteiger partial charge in [-0.25, -0.2) is 0 Å². The van der Waals surface area contributed by atoms with Crippen LogP contribution in [0.25, 0.3) is 0 Å². The highest BCUT2D eigenvalue weighted by Gasteiger charge is 2.26. The first-order valence-corrected chi connectivity index (χ1v) is 19.2. The summed E-state index contributed by atoms with van der Waals surface area (Å²) in [4.78, 5) is 12.2. The molecule has 1 atom stereocenters. The van der Waals surface area contributed by atoms with Crippen molar-refractivity contribution in [3.05, 3.63) is 0 Å². The molecule has 0 aromatic heterocycles. The highest BCUT2D eigenvalue weighted by molar-refractivity contribution is 6.71. The van der Waals surface area contributed by atoms with E-state index in [0.717, 1.165) is 12.8 Å². The monoisotopic (exact) mass is 444 g/mol. The molecule has 1 unspecified atom stereocenters. The maximum atomic E-state index is 12.2. The van der Waals surface area contributed by atoms with Gasteiger partial charge in [-0.1, -0.05) is 90.4 Å². The van der Waals surface area contributed by atoms with Crippen LogP contribution in [-0.4, -0.2) is 28.7 Å². The summed E-state index contributed by atoms with van der Waals surface area (Å²) in [6, 6.07) is 0. The Labute approximate surface area is 185 Å². The first kappa shape index (κ1) is 28.9. The molecule has 0 saturated heterocycles. The topological polar surface area (TPSA) is 35.5 Å². The first-order chi connectivity index (χ1) is 13.5. The fourth-order valence-corrected chi connectivity index (χ4v) is 5.63. The molecule has 0 amide bonds. The minimum atomic E-state index is -1.81. The molecule has 0 bridgehead atoms. The van der Waals surface area contributed by atoms with Gasteiger partial charge in [0.25, 0.3) is 5.97 Å². The van der Waals surface area contributed by atoms with Crippen LogP contribution in [0, 0.1) is 0 Å². The number of hydrogen-bond donors (Lipinski definition) is 0. The Morgan fingerprint density at radius 2 is 1.07 bits per heavy atom. The van der Waals surface area contributed by atoms with Gasteiger partial charge in [0.15, 0.2) is 8.32 Å². The van der Waals surface area contributed by atoms with E-state index in [1.165, 1.54) is 77.0 Å². The molecular weight excluding hydrogens is 392 g/mol. The van der Waals surface area contributed by atoms with Crippen molar-refractivity contribution < 1.29 is 13.6 Å². The van der Waals surface area contributed by atoms with Crippen LogP contribution in [0.15, 0.2) is 0 Å². The zero-order chi connectivity index (χ0) is 22.2. The Kier molecular flexibility index (Phi) is 16.5. The number of carbonyl (C=O) groups is 1. The summed E-state index contributed by atoms with van der Waals surface area (Å²) >= 11 is 0. The molecule has 0 aliphatic rings. The van der Waals surface area contributed by atoms with E-state index in [1.54, 1.807) is 0 Å². The molecule has 0 saturated carbocycles. The normalized spacial score (nSPS) is 13.5. The van der Waals surface area contributed by atoms with Gasteiger partial charge in [-0.05, 0) is 45.7 Å². The van der Waals surface area contributed by atoms with Crippen LogP contribution in [0.4, 0.5) is 0 Å². The molecule has 5 heteroatoms. The van der Waals surface area contributed by atoms with Crippen LogP contribution in [0.1, 0.15) is 103 Å². The van der Waals surface area contributed by atoms with Gasteiger partial charge >= 0.3 is 0 Å². The molecule has 3 nitrogen and oxygen atoms in total. The van der Waals surface area contributed by atoms with Crippen molar-refractivity contribution in [2.45, 2.75) is 149 Å². The smallest absolute Gasteiger partial charge is 0.295 e. The standard InChI is InChI=1S/C24H52O3Si2/c1-8-9-10-11-12-13-14-15-16-17-18-19-20-21-23(26-28(2,3)4)22-24(25)27-29(5,6)7/h23H,8-22H2,1-7H3. The van der Waals surface area contributed by atoms with Gasteiger partial charge in [0.05, 0.1) is 12.5 Å². The van der Waals surface area contributed by atoms with Gasteiger partial charge in [0.1, 0.15) is 0 Å². The molecule has 0 aromatic rings. The van der Waals surface area contributed by atoms with Crippen molar-refractivity contribution in [3.63, 3.8) is 0 Å². The Hall–Kier alpha value is -0.136. The minimum absolute atomic E-state index is 0.0400. The average Bonchev–Trinajstić information content (AvgIpc) is 2.55. The lowest BCUT2D eigenvalue weighted by Crippen LogP contribution is -2.36. The summed E-state index contributed by atoms with van der Waals surface area (Å²) in [6.07, 6.45) is 19.2. The highest BCUT2D eigenvalue weighted by atomic mass is 28.4. The molecular formula is C24H52O3Si2. The van der Waals surface area contributed by atoms with Gasteiger partial charge in [-0.15, -0.1) is 0 Å². The fraction of sp³-hybridized carbons (Fsp3) is 0.958. The quantitative estimate of drug-likeness (QED) is 0.148. The summed E-state index contributed by atoms with van der Waals surface area (Å²) in [5.41, 5.74) is 0. The predicted molar refractivity (Wildman–Crippen MR) is 133 cm³/mol. The van der Waals surface area contributed by atoms with E-state index < -0.39 is 16.6 Å². The third-order valence-corrected chi connectivity index (χ3v) is 6.84. The van der Waals surface area contributed by atoms with Gasteiger partial charge in [0.2, 0.25) is 8.32 Å². The van der Waals surface area contributed by atoms with E-state index in [4.69, 9.17) is 8.85 Å². The molecule has 0 fully saturated rings. The number of rotatable bonds is 19. The summed E-state index contributed by atoms with van der Waals surface area (Å²) < 4.78 is 11.9. The molecule has 0 radical (unpaired) electrons. The molecule has 0 aliphatic carbocycles. The van der Waals surface area contributed by atoms with Gasteiger partial charge in [-0.2, -0.15) is 0 Å². The van der Waals surface area contributed by atoms with Crippen molar-refractivity contribution >= 4 is 22.6 Å². The lowest BCUT2D eigenvalue weighted by molar-refractivity contribution is -0.137. The molecule has 0 heterocycles. The second-order valence-corrected chi connectivity index (χ2v) is 19.6. The maximum absolute atomic E-state index is 12.2. The third kappa shape index (κ3) is 22.4. The Morgan fingerprint density at radius 3 is 1.45 bits per heavy atom. The summed E-state index contributed by atoms with van der Waals surface area (Å²) in [7, 11) is -3.46. The van der Waals surface area contributed by atoms with Crippen LogP contribution in [0.5, 0.6) is 0 Å². The SMILES string of the molecule is CCCCCCCCCCCCCCCC(CC(=O)O[Si](C)(C)C)O[Si](C)(C)C. The van der Waals surface area contributed by atoms with E-state index >= 15 is 0 Å². The number of hydrogen-bond acceptors (Lipinski definition) is 3. The molecule has 0 spiro atoms. The summed E-state index contributed by atoms with van der Waals surface area (Å²) in [6.45, 7) is 15.1. The molecule has 0 rings (SSSR count). The van der Waals surface area contributed by atoms with Gasteiger partial charge in [0, 0.05) is 0 Å². The highest BCUT2D eigenvalue weighted by Crippen LogP contribution is 2.19. The lowest BCUT2D eigenvalue weighted by atomic mass is 10.0.